The summed E-state index contributed by atoms with van der Waals surface area (Å²) in [5.74, 6) is -0.944. The fourth-order valence-electron chi connectivity index (χ4n) is 2.78. The third kappa shape index (κ3) is 3.94. The third-order valence-corrected chi connectivity index (χ3v) is 4.09. The van der Waals surface area contributed by atoms with Crippen LogP contribution in [-0.2, 0) is 9.47 Å². The quantitative estimate of drug-likeness (QED) is 0.595. The standard InChI is InChI=1S/C21H17N3O5/c1-27-20(25)17-18(14-8-10-16(11-9-14)29-13-12-22)23-24(19(17)21(26)28-2)15-6-4-3-5-7-15/h3-11H,13H2,1-2H3. The van der Waals surface area contributed by atoms with Gasteiger partial charge in [-0.15, -0.1) is 0 Å². The Morgan fingerprint density at radius 3 is 2.24 bits per heavy atom. The summed E-state index contributed by atoms with van der Waals surface area (Å²) in [6, 6.07) is 17.4. The summed E-state index contributed by atoms with van der Waals surface area (Å²) in [5, 5.41) is 13.1. The van der Waals surface area contributed by atoms with Crippen molar-refractivity contribution in [2.45, 2.75) is 0 Å². The number of benzene rings is 2. The Morgan fingerprint density at radius 1 is 1.00 bits per heavy atom. The molecule has 0 saturated carbocycles. The van der Waals surface area contributed by atoms with Crippen molar-refractivity contribution >= 4 is 11.9 Å². The molecular weight excluding hydrogens is 374 g/mol. The lowest BCUT2D eigenvalue weighted by Crippen LogP contribution is -2.15. The van der Waals surface area contributed by atoms with Crippen LogP contribution in [0.4, 0.5) is 0 Å². The van der Waals surface area contributed by atoms with Crippen LogP contribution in [0.2, 0.25) is 0 Å². The first-order valence-electron chi connectivity index (χ1n) is 8.56. The molecule has 0 radical (unpaired) electrons. The Balaban J connectivity index is 2.21. The number of hydrogen-bond donors (Lipinski definition) is 0. The molecule has 0 aliphatic rings. The van der Waals surface area contributed by atoms with Crippen LogP contribution in [0.25, 0.3) is 16.9 Å². The highest BCUT2D eigenvalue weighted by atomic mass is 16.5. The highest BCUT2D eigenvalue weighted by Crippen LogP contribution is 2.30. The maximum atomic E-state index is 12.6. The Kier molecular flexibility index (Phi) is 5.90. The molecule has 0 aliphatic heterocycles. The number of nitriles is 1. The number of carbonyl (C=O) groups excluding carboxylic acids is 2. The number of methoxy groups -OCH3 is 2. The zero-order chi connectivity index (χ0) is 20.8. The van der Waals surface area contributed by atoms with Gasteiger partial charge in [0.05, 0.1) is 19.9 Å². The molecule has 1 heterocycles. The van der Waals surface area contributed by atoms with Gasteiger partial charge in [0.1, 0.15) is 23.1 Å². The van der Waals surface area contributed by atoms with Crippen LogP contribution in [0.3, 0.4) is 0 Å². The second-order valence-corrected chi connectivity index (χ2v) is 5.77. The smallest absolute Gasteiger partial charge is 0.357 e. The van der Waals surface area contributed by atoms with Gasteiger partial charge < -0.3 is 14.2 Å². The molecule has 0 aliphatic carbocycles. The summed E-state index contributed by atoms with van der Waals surface area (Å²) in [6.07, 6.45) is 0. The summed E-state index contributed by atoms with van der Waals surface area (Å²) < 4.78 is 16.4. The molecule has 8 nitrogen and oxygen atoms in total. The summed E-state index contributed by atoms with van der Waals surface area (Å²) >= 11 is 0. The minimum Gasteiger partial charge on any atom is -0.479 e. The van der Waals surface area contributed by atoms with Crippen LogP contribution in [0.15, 0.2) is 54.6 Å². The topological polar surface area (TPSA) is 103 Å². The number of carbonyl (C=O) groups is 2. The lowest BCUT2D eigenvalue weighted by Gasteiger charge is -2.07. The Labute approximate surface area is 166 Å². The zero-order valence-corrected chi connectivity index (χ0v) is 15.8. The van der Waals surface area contributed by atoms with Crippen molar-refractivity contribution < 1.29 is 23.8 Å². The Morgan fingerprint density at radius 2 is 1.66 bits per heavy atom. The van der Waals surface area contributed by atoms with Crippen molar-refractivity contribution in [1.82, 2.24) is 9.78 Å². The fraction of sp³-hybridized carbons (Fsp3) is 0.143. The van der Waals surface area contributed by atoms with E-state index in [0.29, 0.717) is 17.0 Å². The van der Waals surface area contributed by atoms with Gasteiger partial charge in [-0.2, -0.15) is 10.4 Å². The summed E-state index contributed by atoms with van der Waals surface area (Å²) in [5.41, 5.74) is 1.36. The van der Waals surface area contributed by atoms with Crippen LogP contribution in [0.1, 0.15) is 20.8 Å². The molecular formula is C21H17N3O5. The average molecular weight is 391 g/mol. The van der Waals surface area contributed by atoms with Gasteiger partial charge in [-0.1, -0.05) is 18.2 Å². The van der Waals surface area contributed by atoms with Crippen molar-refractivity contribution in [3.63, 3.8) is 0 Å². The molecule has 0 unspecified atom stereocenters. The largest absolute Gasteiger partial charge is 0.479 e. The number of nitrogens with zero attached hydrogens (tertiary/aromatic N) is 3. The SMILES string of the molecule is COC(=O)c1c(-c2ccc(OCC#N)cc2)nn(-c2ccccc2)c1C(=O)OC. The minimum atomic E-state index is -0.720. The molecule has 1 aromatic heterocycles. The maximum Gasteiger partial charge on any atom is 0.357 e. The predicted molar refractivity (Wildman–Crippen MR) is 103 cm³/mol. The van der Waals surface area contributed by atoms with Gasteiger partial charge in [-0.3, -0.25) is 0 Å². The van der Waals surface area contributed by atoms with E-state index in [0.717, 1.165) is 0 Å². The van der Waals surface area contributed by atoms with Crippen LogP contribution >= 0.6 is 0 Å². The van der Waals surface area contributed by atoms with Crippen LogP contribution in [0.5, 0.6) is 5.75 Å². The molecule has 146 valence electrons. The summed E-state index contributed by atoms with van der Waals surface area (Å²) in [7, 11) is 2.46. The molecule has 8 heteroatoms. The molecule has 3 aromatic rings. The van der Waals surface area contributed by atoms with Gasteiger partial charge in [0.2, 0.25) is 0 Å². The fourth-order valence-corrected chi connectivity index (χ4v) is 2.78. The molecule has 0 amide bonds. The first-order chi connectivity index (χ1) is 14.1. The third-order valence-electron chi connectivity index (χ3n) is 4.09. The van der Waals surface area contributed by atoms with E-state index in [1.165, 1.54) is 18.9 Å². The summed E-state index contributed by atoms with van der Waals surface area (Å²) in [4.78, 5) is 25.1. The highest BCUT2D eigenvalue weighted by Gasteiger charge is 2.31. The van der Waals surface area contributed by atoms with E-state index in [9.17, 15) is 9.59 Å². The number of rotatable bonds is 6. The van der Waals surface area contributed by atoms with Gasteiger partial charge in [0.25, 0.3) is 0 Å². The highest BCUT2D eigenvalue weighted by molar-refractivity contribution is 6.06. The van der Waals surface area contributed by atoms with Crippen LogP contribution < -0.4 is 4.74 Å². The van der Waals surface area contributed by atoms with Crippen LogP contribution in [-0.4, -0.2) is 42.5 Å². The Hall–Kier alpha value is -4.12. The summed E-state index contributed by atoms with van der Waals surface area (Å²) in [6.45, 7) is -0.0815. The molecule has 3 rings (SSSR count). The van der Waals surface area contributed by atoms with Crippen molar-refractivity contribution in [2.75, 3.05) is 20.8 Å². The second-order valence-electron chi connectivity index (χ2n) is 5.77. The number of para-hydroxylation sites is 1. The lowest BCUT2D eigenvalue weighted by atomic mass is 10.1. The van der Waals surface area contributed by atoms with Gasteiger partial charge >= 0.3 is 11.9 Å². The van der Waals surface area contributed by atoms with Crippen molar-refractivity contribution in [1.29, 1.82) is 5.26 Å². The predicted octanol–water partition coefficient (Wildman–Crippen LogP) is 3.01. The molecule has 0 bridgehead atoms. The van der Waals surface area contributed by atoms with E-state index in [1.54, 1.807) is 48.5 Å². The van der Waals surface area contributed by atoms with Gasteiger partial charge in [0, 0.05) is 5.56 Å². The Bertz CT molecular complexity index is 1070. The molecule has 0 spiro atoms. The maximum absolute atomic E-state index is 12.6. The molecule has 29 heavy (non-hydrogen) atoms. The van der Waals surface area contributed by atoms with Crippen molar-refractivity contribution in [3.05, 3.63) is 65.9 Å². The van der Waals surface area contributed by atoms with E-state index < -0.39 is 11.9 Å². The van der Waals surface area contributed by atoms with Crippen LogP contribution in [0, 0.1) is 11.3 Å². The number of aromatic nitrogens is 2. The number of hydrogen-bond acceptors (Lipinski definition) is 7. The number of ether oxygens (including phenoxy) is 3. The van der Waals surface area contributed by atoms with E-state index in [-0.39, 0.29) is 23.6 Å². The molecule has 2 aromatic carbocycles. The second kappa shape index (κ2) is 8.71. The molecule has 0 N–H and O–H groups in total. The first-order valence-corrected chi connectivity index (χ1v) is 8.56. The molecule has 0 fully saturated rings. The van der Waals surface area contributed by atoms with Gasteiger partial charge in [0.15, 0.2) is 12.3 Å². The van der Waals surface area contributed by atoms with Crippen molar-refractivity contribution in [3.8, 4) is 28.8 Å². The molecule has 0 atom stereocenters. The van der Waals surface area contributed by atoms with E-state index in [2.05, 4.69) is 5.10 Å². The zero-order valence-electron chi connectivity index (χ0n) is 15.8. The minimum absolute atomic E-state index is 0.00565. The normalized spacial score (nSPS) is 10.1. The number of esters is 2. The average Bonchev–Trinajstić information content (AvgIpc) is 3.18. The van der Waals surface area contributed by atoms with E-state index in [1.807, 2.05) is 12.1 Å². The molecule has 0 saturated heterocycles. The monoisotopic (exact) mass is 391 g/mol. The van der Waals surface area contributed by atoms with Gasteiger partial charge in [-0.25, -0.2) is 14.3 Å². The van der Waals surface area contributed by atoms with E-state index >= 15 is 0 Å². The lowest BCUT2D eigenvalue weighted by molar-refractivity contribution is 0.0549. The van der Waals surface area contributed by atoms with E-state index in [4.69, 9.17) is 19.5 Å². The van der Waals surface area contributed by atoms with Crippen molar-refractivity contribution in [2.24, 2.45) is 0 Å². The van der Waals surface area contributed by atoms with Gasteiger partial charge in [-0.05, 0) is 36.4 Å². The first kappa shape index (κ1) is 19.6.